The Morgan fingerprint density at radius 1 is 1.50 bits per heavy atom. The molecule has 76 valence electrons. The van der Waals surface area contributed by atoms with E-state index in [2.05, 4.69) is 10.1 Å². The average Bonchev–Trinajstić information content (AvgIpc) is 2.79. The molecule has 1 aromatic rings. The highest BCUT2D eigenvalue weighted by Gasteiger charge is 2.18. The predicted molar refractivity (Wildman–Crippen MR) is 51.1 cm³/mol. The van der Waals surface area contributed by atoms with Gasteiger partial charge in [-0.05, 0) is 32.9 Å². The maximum Gasteiger partial charge on any atom is 0.172 e. The Balaban J connectivity index is 2.13. The van der Waals surface area contributed by atoms with Crippen LogP contribution in [-0.2, 0) is 6.54 Å². The smallest absolute Gasteiger partial charge is 0.172 e. The van der Waals surface area contributed by atoms with Gasteiger partial charge in [0.1, 0.15) is 5.76 Å². The minimum atomic E-state index is 0.453. The molecule has 1 saturated heterocycles. The molecular formula is C10H14N2O2. The van der Waals surface area contributed by atoms with Crippen LogP contribution < -0.4 is 0 Å². The van der Waals surface area contributed by atoms with Gasteiger partial charge in [0.2, 0.25) is 0 Å². The zero-order valence-electron chi connectivity index (χ0n) is 8.32. The lowest BCUT2D eigenvalue weighted by atomic mass is 10.2. The normalized spacial score (nSPS) is 17.5. The Morgan fingerprint density at radius 2 is 2.21 bits per heavy atom. The quantitative estimate of drug-likeness (QED) is 0.682. The van der Waals surface area contributed by atoms with Crippen molar-refractivity contribution in [1.29, 1.82) is 0 Å². The van der Waals surface area contributed by atoms with Gasteiger partial charge in [-0.25, -0.2) is 0 Å². The van der Waals surface area contributed by atoms with Crippen molar-refractivity contribution in [2.24, 2.45) is 0 Å². The lowest BCUT2D eigenvalue weighted by molar-refractivity contribution is 0.111. The lowest BCUT2D eigenvalue weighted by Gasteiger charge is -2.13. The van der Waals surface area contributed by atoms with Gasteiger partial charge in [0.05, 0.1) is 0 Å². The Morgan fingerprint density at radius 3 is 2.86 bits per heavy atom. The molecule has 4 heteroatoms. The largest absolute Gasteiger partial charge is 0.361 e. The third-order valence-electron chi connectivity index (χ3n) is 2.71. The monoisotopic (exact) mass is 194 g/mol. The van der Waals surface area contributed by atoms with Crippen LogP contribution in [0.2, 0.25) is 0 Å². The summed E-state index contributed by atoms with van der Waals surface area (Å²) in [6.07, 6.45) is 3.27. The summed E-state index contributed by atoms with van der Waals surface area (Å²) in [7, 11) is 0. The summed E-state index contributed by atoms with van der Waals surface area (Å²) in [4.78, 5) is 13.0. The van der Waals surface area contributed by atoms with E-state index in [-0.39, 0.29) is 0 Å². The van der Waals surface area contributed by atoms with E-state index in [1.54, 1.807) is 0 Å². The van der Waals surface area contributed by atoms with Crippen LogP contribution in [0.3, 0.4) is 0 Å². The van der Waals surface area contributed by atoms with Crippen molar-refractivity contribution in [2.75, 3.05) is 13.1 Å². The Labute approximate surface area is 82.9 Å². The molecule has 1 fully saturated rings. The van der Waals surface area contributed by atoms with Gasteiger partial charge in [-0.3, -0.25) is 9.69 Å². The van der Waals surface area contributed by atoms with Crippen molar-refractivity contribution in [3.05, 3.63) is 17.0 Å². The summed E-state index contributed by atoms with van der Waals surface area (Å²) in [5.41, 5.74) is 1.40. The molecule has 1 aromatic heterocycles. The van der Waals surface area contributed by atoms with Crippen LogP contribution in [-0.4, -0.2) is 29.4 Å². The molecule has 0 N–H and O–H groups in total. The van der Waals surface area contributed by atoms with E-state index in [9.17, 15) is 4.79 Å². The van der Waals surface area contributed by atoms with Crippen molar-refractivity contribution in [3.63, 3.8) is 0 Å². The van der Waals surface area contributed by atoms with Gasteiger partial charge in [-0.15, -0.1) is 0 Å². The van der Waals surface area contributed by atoms with Crippen LogP contribution in [0, 0.1) is 6.92 Å². The summed E-state index contributed by atoms with van der Waals surface area (Å²) in [5, 5.41) is 3.71. The van der Waals surface area contributed by atoms with Gasteiger partial charge in [0.15, 0.2) is 12.0 Å². The highest BCUT2D eigenvalue weighted by atomic mass is 16.5. The fraction of sp³-hybridized carbons (Fsp3) is 0.600. The molecule has 0 radical (unpaired) electrons. The second-order valence-electron chi connectivity index (χ2n) is 3.70. The van der Waals surface area contributed by atoms with E-state index in [4.69, 9.17) is 4.52 Å². The molecule has 1 aliphatic rings. The number of hydrogen-bond donors (Lipinski definition) is 0. The van der Waals surface area contributed by atoms with Crippen LogP contribution >= 0.6 is 0 Å². The maximum absolute atomic E-state index is 10.7. The van der Waals surface area contributed by atoms with E-state index in [1.165, 1.54) is 12.8 Å². The van der Waals surface area contributed by atoms with Crippen molar-refractivity contribution in [1.82, 2.24) is 10.1 Å². The number of nitrogens with zero attached hydrogens (tertiary/aromatic N) is 2. The number of likely N-dealkylation sites (tertiary alicyclic amines) is 1. The molecule has 4 nitrogen and oxygen atoms in total. The highest BCUT2D eigenvalue weighted by molar-refractivity contribution is 5.74. The molecule has 0 unspecified atom stereocenters. The lowest BCUT2D eigenvalue weighted by Crippen LogP contribution is -2.19. The van der Waals surface area contributed by atoms with Crippen LogP contribution in [0.1, 0.15) is 34.7 Å². The van der Waals surface area contributed by atoms with E-state index >= 15 is 0 Å². The van der Waals surface area contributed by atoms with Crippen molar-refractivity contribution < 1.29 is 9.32 Å². The van der Waals surface area contributed by atoms with Gasteiger partial charge in [0.25, 0.3) is 0 Å². The molecule has 0 atom stereocenters. The minimum absolute atomic E-state index is 0.453. The Bertz CT molecular complexity index is 327. The van der Waals surface area contributed by atoms with Crippen LogP contribution in [0.4, 0.5) is 0 Å². The summed E-state index contributed by atoms with van der Waals surface area (Å²) < 4.78 is 4.99. The van der Waals surface area contributed by atoms with E-state index in [1.807, 2.05) is 6.92 Å². The van der Waals surface area contributed by atoms with E-state index in [0.29, 0.717) is 5.69 Å². The second kappa shape index (κ2) is 3.92. The first-order chi connectivity index (χ1) is 6.81. The summed E-state index contributed by atoms with van der Waals surface area (Å²) >= 11 is 0. The first kappa shape index (κ1) is 9.40. The topological polar surface area (TPSA) is 46.3 Å². The third kappa shape index (κ3) is 1.70. The summed E-state index contributed by atoms with van der Waals surface area (Å²) in [5.74, 6) is 0.763. The average molecular weight is 194 g/mol. The SMILES string of the molecule is Cc1onc(C=O)c1CN1CCCC1. The highest BCUT2D eigenvalue weighted by Crippen LogP contribution is 2.17. The van der Waals surface area contributed by atoms with Gasteiger partial charge >= 0.3 is 0 Å². The molecule has 2 heterocycles. The van der Waals surface area contributed by atoms with Crippen molar-refractivity contribution >= 4 is 6.29 Å². The molecule has 2 rings (SSSR count). The molecule has 0 saturated carbocycles. The van der Waals surface area contributed by atoms with Crippen LogP contribution in [0.5, 0.6) is 0 Å². The molecule has 0 aliphatic carbocycles. The number of aromatic nitrogens is 1. The van der Waals surface area contributed by atoms with Gasteiger partial charge in [-0.2, -0.15) is 0 Å². The molecule has 0 aromatic carbocycles. The van der Waals surface area contributed by atoms with Crippen molar-refractivity contribution in [2.45, 2.75) is 26.3 Å². The summed E-state index contributed by atoms with van der Waals surface area (Å²) in [6.45, 7) is 4.88. The van der Waals surface area contributed by atoms with Gasteiger partial charge in [0, 0.05) is 12.1 Å². The summed E-state index contributed by atoms with van der Waals surface area (Å²) in [6, 6.07) is 0. The number of aldehydes is 1. The molecule has 0 bridgehead atoms. The number of hydrogen-bond acceptors (Lipinski definition) is 4. The molecule has 0 spiro atoms. The van der Waals surface area contributed by atoms with Crippen molar-refractivity contribution in [3.8, 4) is 0 Å². The molecule has 1 aliphatic heterocycles. The predicted octanol–water partition coefficient (Wildman–Crippen LogP) is 1.39. The third-order valence-corrected chi connectivity index (χ3v) is 2.71. The number of rotatable bonds is 3. The Kier molecular flexibility index (Phi) is 2.63. The Hall–Kier alpha value is -1.16. The minimum Gasteiger partial charge on any atom is -0.361 e. The van der Waals surface area contributed by atoms with Crippen LogP contribution in [0.15, 0.2) is 4.52 Å². The number of carbonyl (C=O) groups excluding carboxylic acids is 1. The van der Waals surface area contributed by atoms with Gasteiger partial charge < -0.3 is 4.52 Å². The first-order valence-corrected chi connectivity index (χ1v) is 4.94. The van der Waals surface area contributed by atoms with E-state index in [0.717, 1.165) is 37.2 Å². The second-order valence-corrected chi connectivity index (χ2v) is 3.70. The number of carbonyl (C=O) groups is 1. The molecular weight excluding hydrogens is 180 g/mol. The first-order valence-electron chi connectivity index (χ1n) is 4.94. The number of aryl methyl sites for hydroxylation is 1. The fourth-order valence-electron chi connectivity index (χ4n) is 1.86. The molecule has 14 heavy (non-hydrogen) atoms. The zero-order valence-corrected chi connectivity index (χ0v) is 8.32. The van der Waals surface area contributed by atoms with Crippen LogP contribution in [0.25, 0.3) is 0 Å². The zero-order chi connectivity index (χ0) is 9.97. The fourth-order valence-corrected chi connectivity index (χ4v) is 1.86. The van der Waals surface area contributed by atoms with E-state index < -0.39 is 0 Å². The standard InChI is InChI=1S/C10H14N2O2/c1-8-9(10(7-13)11-14-8)6-12-4-2-3-5-12/h7H,2-6H2,1H3. The molecule has 0 amide bonds. The maximum atomic E-state index is 10.7. The van der Waals surface area contributed by atoms with Gasteiger partial charge in [-0.1, -0.05) is 5.16 Å².